The van der Waals surface area contributed by atoms with Crippen LogP contribution in [0, 0.1) is 0 Å². The van der Waals surface area contributed by atoms with Gasteiger partial charge in [0, 0.05) is 25.8 Å². The molecule has 0 bridgehead atoms. The molecular formula is C18H27NO7P+. The SMILES string of the molecule is CCOC(OCC)C([C@H]1CN[C@H](Cc2cccc(C(=O)O)c2)CO1)[P+](=O)O. The maximum atomic E-state index is 11.9. The molecule has 1 heterocycles. The molecule has 2 unspecified atom stereocenters. The minimum Gasteiger partial charge on any atom is -0.478 e. The van der Waals surface area contributed by atoms with Gasteiger partial charge in [0.05, 0.1) is 12.2 Å². The Bertz CT molecular complexity index is 628. The Morgan fingerprint density at radius 3 is 2.59 bits per heavy atom. The van der Waals surface area contributed by atoms with Crippen molar-refractivity contribution in [3.8, 4) is 0 Å². The van der Waals surface area contributed by atoms with E-state index in [4.69, 9.17) is 19.3 Å². The Labute approximate surface area is 159 Å². The third-order valence-electron chi connectivity index (χ3n) is 4.35. The van der Waals surface area contributed by atoms with E-state index in [-0.39, 0.29) is 11.6 Å². The molecule has 1 aliphatic heterocycles. The minimum absolute atomic E-state index is 0.0137. The number of morpholine rings is 1. The van der Waals surface area contributed by atoms with E-state index in [1.807, 2.05) is 6.07 Å². The van der Waals surface area contributed by atoms with Gasteiger partial charge in [-0.15, -0.1) is 0 Å². The zero-order valence-electron chi connectivity index (χ0n) is 15.5. The molecule has 0 amide bonds. The topological polar surface area (TPSA) is 114 Å². The molecule has 0 spiro atoms. The van der Waals surface area contributed by atoms with Crippen LogP contribution in [0.5, 0.6) is 0 Å². The van der Waals surface area contributed by atoms with Crippen molar-refractivity contribution < 1.29 is 33.6 Å². The van der Waals surface area contributed by atoms with Crippen molar-refractivity contribution in [1.82, 2.24) is 5.32 Å². The summed E-state index contributed by atoms with van der Waals surface area (Å²) in [5, 5.41) is 12.4. The highest BCUT2D eigenvalue weighted by molar-refractivity contribution is 7.39. The zero-order chi connectivity index (χ0) is 19.8. The maximum absolute atomic E-state index is 11.9. The maximum Gasteiger partial charge on any atom is 0.517 e. The van der Waals surface area contributed by atoms with Crippen molar-refractivity contribution in [2.75, 3.05) is 26.4 Å². The van der Waals surface area contributed by atoms with Crippen LogP contribution in [0.2, 0.25) is 0 Å². The number of ether oxygens (including phenoxy) is 3. The average Bonchev–Trinajstić information content (AvgIpc) is 2.63. The van der Waals surface area contributed by atoms with Crippen molar-refractivity contribution in [3.63, 3.8) is 0 Å². The van der Waals surface area contributed by atoms with E-state index in [1.54, 1.807) is 32.0 Å². The van der Waals surface area contributed by atoms with Crippen LogP contribution in [-0.2, 0) is 25.2 Å². The third-order valence-corrected chi connectivity index (χ3v) is 5.44. The fourth-order valence-electron chi connectivity index (χ4n) is 3.10. The lowest BCUT2D eigenvalue weighted by Crippen LogP contribution is -2.53. The molecule has 4 atom stereocenters. The Balaban J connectivity index is 1.97. The Morgan fingerprint density at radius 1 is 1.37 bits per heavy atom. The number of carbonyl (C=O) groups is 1. The molecule has 3 N–H and O–H groups in total. The van der Waals surface area contributed by atoms with Crippen LogP contribution < -0.4 is 5.32 Å². The van der Waals surface area contributed by atoms with Crippen molar-refractivity contribution in [2.45, 2.75) is 44.4 Å². The number of carboxylic acid groups (broad SMARTS) is 1. The van der Waals surface area contributed by atoms with Gasteiger partial charge in [0.25, 0.3) is 5.66 Å². The highest BCUT2D eigenvalue weighted by Crippen LogP contribution is 2.33. The van der Waals surface area contributed by atoms with Crippen molar-refractivity contribution in [2.24, 2.45) is 0 Å². The van der Waals surface area contributed by atoms with Crippen LogP contribution in [0.4, 0.5) is 0 Å². The Morgan fingerprint density at radius 2 is 2.07 bits per heavy atom. The molecule has 1 aliphatic rings. The molecule has 0 aliphatic carbocycles. The van der Waals surface area contributed by atoms with Gasteiger partial charge < -0.3 is 24.6 Å². The van der Waals surface area contributed by atoms with Gasteiger partial charge in [0.2, 0.25) is 6.29 Å². The van der Waals surface area contributed by atoms with E-state index in [0.29, 0.717) is 32.8 Å². The monoisotopic (exact) mass is 400 g/mol. The van der Waals surface area contributed by atoms with Crippen LogP contribution in [0.15, 0.2) is 24.3 Å². The summed E-state index contributed by atoms with van der Waals surface area (Å²) >= 11 is 0. The van der Waals surface area contributed by atoms with Gasteiger partial charge in [0.1, 0.15) is 6.10 Å². The van der Waals surface area contributed by atoms with Gasteiger partial charge in [-0.25, -0.2) is 4.79 Å². The van der Waals surface area contributed by atoms with Crippen molar-refractivity contribution >= 4 is 14.0 Å². The number of aromatic carboxylic acids is 1. The Hall–Kier alpha value is -1.41. The zero-order valence-corrected chi connectivity index (χ0v) is 16.4. The summed E-state index contributed by atoms with van der Waals surface area (Å²) in [6.07, 6.45) is -0.711. The fraction of sp³-hybridized carbons (Fsp3) is 0.611. The summed E-state index contributed by atoms with van der Waals surface area (Å²) in [6, 6.07) is 6.76. The molecule has 1 aromatic rings. The van der Waals surface area contributed by atoms with Gasteiger partial charge in [-0.2, -0.15) is 4.89 Å². The van der Waals surface area contributed by atoms with Gasteiger partial charge in [0.15, 0.2) is 0 Å². The van der Waals surface area contributed by atoms with Crippen LogP contribution in [-0.4, -0.2) is 66.4 Å². The molecule has 1 fully saturated rings. The molecule has 1 saturated heterocycles. The molecular weight excluding hydrogens is 373 g/mol. The molecule has 0 radical (unpaired) electrons. The molecule has 0 saturated carbocycles. The first-order valence-corrected chi connectivity index (χ1v) is 10.3. The van der Waals surface area contributed by atoms with Gasteiger partial charge in [-0.1, -0.05) is 12.1 Å². The number of carboxylic acids is 1. The van der Waals surface area contributed by atoms with Gasteiger partial charge >= 0.3 is 14.0 Å². The van der Waals surface area contributed by atoms with E-state index in [9.17, 15) is 14.3 Å². The van der Waals surface area contributed by atoms with E-state index in [0.717, 1.165) is 5.56 Å². The average molecular weight is 400 g/mol. The summed E-state index contributed by atoms with van der Waals surface area (Å²) in [5.74, 6) is -0.961. The molecule has 9 heteroatoms. The van der Waals surface area contributed by atoms with Crippen LogP contribution in [0.1, 0.15) is 29.8 Å². The standard InChI is InChI=1S/C18H26NO7P/c1-3-24-18(25-4-2)16(27(22)23)15-10-19-14(11-26-15)9-12-6-5-7-13(8-12)17(20)21/h5-8,14-16,18-19H,3-4,9-11H2,1-2H3,(H-,20,21,22,23)/p+1/t14-,15-,16?/m1/s1. The largest absolute Gasteiger partial charge is 0.517 e. The highest BCUT2D eigenvalue weighted by atomic mass is 31.1. The van der Waals surface area contributed by atoms with E-state index >= 15 is 0 Å². The fourth-order valence-corrected chi connectivity index (χ4v) is 3.96. The minimum atomic E-state index is -2.55. The lowest BCUT2D eigenvalue weighted by Gasteiger charge is -2.33. The van der Waals surface area contributed by atoms with Crippen molar-refractivity contribution in [3.05, 3.63) is 35.4 Å². The number of benzene rings is 1. The van der Waals surface area contributed by atoms with Crippen LogP contribution in [0.3, 0.4) is 0 Å². The van der Waals surface area contributed by atoms with Crippen LogP contribution in [0.25, 0.3) is 0 Å². The predicted octanol–water partition coefficient (Wildman–Crippen LogP) is 1.79. The molecule has 8 nitrogen and oxygen atoms in total. The number of hydrogen-bond donors (Lipinski definition) is 3. The molecule has 2 rings (SSSR count). The summed E-state index contributed by atoms with van der Waals surface area (Å²) in [6.45, 7) is 5.06. The molecule has 150 valence electrons. The van der Waals surface area contributed by atoms with E-state index < -0.39 is 32.1 Å². The summed E-state index contributed by atoms with van der Waals surface area (Å²) in [7, 11) is -2.55. The van der Waals surface area contributed by atoms with Gasteiger partial charge in [-0.3, -0.25) is 0 Å². The first-order valence-electron chi connectivity index (χ1n) is 9.01. The first kappa shape index (κ1) is 21.9. The van der Waals surface area contributed by atoms with Crippen molar-refractivity contribution in [1.29, 1.82) is 0 Å². The summed E-state index contributed by atoms with van der Waals surface area (Å²) in [5.41, 5.74) is 0.347. The van der Waals surface area contributed by atoms with Crippen LogP contribution >= 0.6 is 8.03 Å². The highest BCUT2D eigenvalue weighted by Gasteiger charge is 2.48. The summed E-state index contributed by atoms with van der Waals surface area (Å²) in [4.78, 5) is 20.8. The number of nitrogens with one attached hydrogen (secondary N) is 1. The predicted molar refractivity (Wildman–Crippen MR) is 99.3 cm³/mol. The smallest absolute Gasteiger partial charge is 0.478 e. The van der Waals surface area contributed by atoms with Gasteiger partial charge in [-0.05, 0) is 42.5 Å². The normalized spacial score (nSPS) is 21.9. The quantitative estimate of drug-likeness (QED) is 0.402. The second-order valence-corrected chi connectivity index (χ2v) is 7.46. The second-order valence-electron chi connectivity index (χ2n) is 6.26. The summed E-state index contributed by atoms with van der Waals surface area (Å²) < 4.78 is 28.7. The molecule has 0 aromatic heterocycles. The third kappa shape index (κ3) is 6.31. The Kier molecular flexibility index (Phi) is 8.76. The molecule has 1 aromatic carbocycles. The lowest BCUT2D eigenvalue weighted by atomic mass is 10.0. The lowest BCUT2D eigenvalue weighted by molar-refractivity contribution is -0.158. The van der Waals surface area contributed by atoms with E-state index in [2.05, 4.69) is 5.32 Å². The first-order chi connectivity index (χ1) is 13.0. The number of rotatable bonds is 10. The molecule has 27 heavy (non-hydrogen) atoms. The van der Waals surface area contributed by atoms with E-state index in [1.165, 1.54) is 0 Å². The second kappa shape index (κ2) is 10.8. The number of hydrogen-bond acceptors (Lipinski definition) is 6.